The van der Waals surface area contributed by atoms with Crippen LogP contribution < -0.4 is 10.5 Å². The number of hydrogen-bond donors (Lipinski definition) is 2. The van der Waals surface area contributed by atoms with Gasteiger partial charge in [-0.25, -0.2) is 0 Å². The molecule has 2 aliphatic heterocycles. The first kappa shape index (κ1) is 12.4. The SMILES string of the molecule is NC1(C(=O)O)CCN(Cc2ccc3c(c2)CCO3)C1. The van der Waals surface area contributed by atoms with Crippen LogP contribution >= 0.6 is 0 Å². The number of fused-ring (bicyclic) bond motifs is 1. The molecule has 1 fully saturated rings. The van der Waals surface area contributed by atoms with Gasteiger partial charge >= 0.3 is 5.97 Å². The van der Waals surface area contributed by atoms with Crippen LogP contribution in [0.25, 0.3) is 0 Å². The lowest BCUT2D eigenvalue weighted by Gasteiger charge is -2.20. The Bertz CT molecular complexity index is 517. The quantitative estimate of drug-likeness (QED) is 0.834. The Morgan fingerprint density at radius 3 is 3.11 bits per heavy atom. The van der Waals surface area contributed by atoms with Crippen molar-refractivity contribution in [1.82, 2.24) is 4.90 Å². The zero-order valence-electron chi connectivity index (χ0n) is 10.8. The second kappa shape index (κ2) is 4.51. The van der Waals surface area contributed by atoms with Crippen LogP contribution in [0, 0.1) is 0 Å². The summed E-state index contributed by atoms with van der Waals surface area (Å²) in [5.74, 6) is 0.0706. The molecular formula is C14H18N2O3. The minimum atomic E-state index is -1.08. The molecule has 0 aliphatic carbocycles. The molecule has 0 amide bonds. The number of likely N-dealkylation sites (tertiary alicyclic amines) is 1. The van der Waals surface area contributed by atoms with E-state index < -0.39 is 11.5 Å². The summed E-state index contributed by atoms with van der Waals surface area (Å²) in [7, 11) is 0. The largest absolute Gasteiger partial charge is 0.493 e. The van der Waals surface area contributed by atoms with Crippen LogP contribution in [0.3, 0.4) is 0 Å². The van der Waals surface area contributed by atoms with Crippen LogP contribution in [0.5, 0.6) is 5.75 Å². The van der Waals surface area contributed by atoms with Gasteiger partial charge in [0, 0.05) is 26.1 Å². The molecule has 1 aromatic rings. The van der Waals surface area contributed by atoms with Gasteiger partial charge in [0.1, 0.15) is 11.3 Å². The number of carbonyl (C=O) groups is 1. The lowest BCUT2D eigenvalue weighted by atomic mass is 10.0. The van der Waals surface area contributed by atoms with Crippen molar-refractivity contribution in [2.45, 2.75) is 24.9 Å². The minimum absolute atomic E-state index is 0.413. The maximum atomic E-state index is 11.1. The van der Waals surface area contributed by atoms with Crippen molar-refractivity contribution in [2.75, 3.05) is 19.7 Å². The van der Waals surface area contributed by atoms with Crippen LogP contribution in [0.4, 0.5) is 0 Å². The van der Waals surface area contributed by atoms with Crippen molar-refractivity contribution in [2.24, 2.45) is 5.73 Å². The van der Waals surface area contributed by atoms with Crippen LogP contribution in [0.2, 0.25) is 0 Å². The summed E-state index contributed by atoms with van der Waals surface area (Å²) in [4.78, 5) is 13.2. The van der Waals surface area contributed by atoms with E-state index in [0.717, 1.165) is 31.9 Å². The highest BCUT2D eigenvalue weighted by atomic mass is 16.5. The second-order valence-electron chi connectivity index (χ2n) is 5.46. The van der Waals surface area contributed by atoms with Crippen LogP contribution in [-0.2, 0) is 17.8 Å². The maximum absolute atomic E-state index is 11.1. The molecule has 0 radical (unpaired) electrons. The molecule has 0 spiro atoms. The van der Waals surface area contributed by atoms with Crippen LogP contribution in [0.1, 0.15) is 17.5 Å². The van der Waals surface area contributed by atoms with Crippen molar-refractivity contribution in [1.29, 1.82) is 0 Å². The summed E-state index contributed by atoms with van der Waals surface area (Å²) >= 11 is 0. The number of nitrogens with zero attached hydrogens (tertiary/aromatic N) is 1. The number of ether oxygens (including phenoxy) is 1. The van der Waals surface area contributed by atoms with Crippen LogP contribution in [-0.4, -0.2) is 41.2 Å². The lowest BCUT2D eigenvalue weighted by molar-refractivity contribution is -0.142. The Labute approximate surface area is 112 Å². The van der Waals surface area contributed by atoms with Crippen molar-refractivity contribution in [3.63, 3.8) is 0 Å². The topological polar surface area (TPSA) is 75.8 Å². The second-order valence-corrected chi connectivity index (χ2v) is 5.46. The van der Waals surface area contributed by atoms with E-state index in [1.54, 1.807) is 0 Å². The molecule has 1 saturated heterocycles. The molecular weight excluding hydrogens is 244 g/mol. The number of hydrogen-bond acceptors (Lipinski definition) is 4. The van der Waals surface area contributed by atoms with Crippen molar-refractivity contribution in [3.05, 3.63) is 29.3 Å². The van der Waals surface area contributed by atoms with Gasteiger partial charge in [-0.15, -0.1) is 0 Å². The third kappa shape index (κ3) is 2.31. The monoisotopic (exact) mass is 262 g/mol. The van der Waals surface area contributed by atoms with Gasteiger partial charge in [-0.2, -0.15) is 0 Å². The van der Waals surface area contributed by atoms with Gasteiger partial charge in [-0.05, 0) is 23.6 Å². The normalized spacial score (nSPS) is 26.2. The molecule has 0 saturated carbocycles. The summed E-state index contributed by atoms with van der Waals surface area (Å²) < 4.78 is 5.48. The third-order valence-corrected chi connectivity index (χ3v) is 3.97. The highest BCUT2D eigenvalue weighted by Gasteiger charge is 2.41. The fourth-order valence-electron chi connectivity index (χ4n) is 2.82. The van der Waals surface area contributed by atoms with Gasteiger partial charge in [0.25, 0.3) is 0 Å². The molecule has 1 unspecified atom stereocenters. The summed E-state index contributed by atoms with van der Waals surface area (Å²) in [6, 6.07) is 6.20. The molecule has 1 aromatic carbocycles. The van der Waals surface area contributed by atoms with E-state index in [1.165, 1.54) is 11.1 Å². The molecule has 0 bridgehead atoms. The van der Waals surface area contributed by atoms with Crippen molar-refractivity contribution < 1.29 is 14.6 Å². The summed E-state index contributed by atoms with van der Waals surface area (Å²) in [6.07, 6.45) is 1.47. The molecule has 5 heteroatoms. The van der Waals surface area contributed by atoms with Crippen molar-refractivity contribution >= 4 is 5.97 Å². The standard InChI is InChI=1S/C14H18N2O3/c15-14(13(17)18)4-5-16(9-14)8-10-1-2-12-11(7-10)3-6-19-12/h1-2,7H,3-6,8-9,15H2,(H,17,18). The maximum Gasteiger partial charge on any atom is 0.325 e. The first-order valence-corrected chi connectivity index (χ1v) is 6.56. The van der Waals surface area contributed by atoms with Gasteiger partial charge in [-0.1, -0.05) is 12.1 Å². The third-order valence-electron chi connectivity index (χ3n) is 3.97. The number of carboxylic acids is 1. The number of benzene rings is 1. The Morgan fingerprint density at radius 1 is 1.53 bits per heavy atom. The Kier molecular flexibility index (Phi) is 2.95. The zero-order chi connectivity index (χ0) is 13.5. The van der Waals surface area contributed by atoms with E-state index in [9.17, 15) is 4.79 Å². The van der Waals surface area contributed by atoms with E-state index in [4.69, 9.17) is 15.6 Å². The average molecular weight is 262 g/mol. The number of carboxylic acid groups (broad SMARTS) is 1. The predicted octanol–water partition coefficient (Wildman–Crippen LogP) is 0.609. The molecule has 3 rings (SSSR count). The number of nitrogens with two attached hydrogens (primary N) is 1. The van der Waals surface area contributed by atoms with Gasteiger partial charge in [0.2, 0.25) is 0 Å². The fourth-order valence-corrected chi connectivity index (χ4v) is 2.82. The van der Waals surface area contributed by atoms with Crippen LogP contribution in [0.15, 0.2) is 18.2 Å². The van der Waals surface area contributed by atoms with E-state index in [0.29, 0.717) is 13.0 Å². The van der Waals surface area contributed by atoms with Gasteiger partial charge in [0.05, 0.1) is 6.61 Å². The number of rotatable bonds is 3. The molecule has 1 atom stereocenters. The molecule has 0 aromatic heterocycles. The Balaban J connectivity index is 1.68. The smallest absolute Gasteiger partial charge is 0.325 e. The van der Waals surface area contributed by atoms with E-state index in [-0.39, 0.29) is 0 Å². The Morgan fingerprint density at radius 2 is 2.37 bits per heavy atom. The fraction of sp³-hybridized carbons (Fsp3) is 0.500. The first-order valence-electron chi connectivity index (χ1n) is 6.56. The molecule has 5 nitrogen and oxygen atoms in total. The molecule has 3 N–H and O–H groups in total. The molecule has 19 heavy (non-hydrogen) atoms. The first-order chi connectivity index (χ1) is 9.07. The summed E-state index contributed by atoms with van der Waals surface area (Å²) in [5.41, 5.74) is 7.23. The Hall–Kier alpha value is -1.59. The number of aliphatic carboxylic acids is 1. The van der Waals surface area contributed by atoms with E-state index in [2.05, 4.69) is 11.0 Å². The molecule has 2 heterocycles. The minimum Gasteiger partial charge on any atom is -0.493 e. The summed E-state index contributed by atoms with van der Waals surface area (Å²) in [5, 5.41) is 9.12. The van der Waals surface area contributed by atoms with Crippen molar-refractivity contribution in [3.8, 4) is 5.75 Å². The molecule has 102 valence electrons. The van der Waals surface area contributed by atoms with E-state index >= 15 is 0 Å². The average Bonchev–Trinajstić information content (AvgIpc) is 2.96. The summed E-state index contributed by atoms with van der Waals surface area (Å²) in [6.45, 7) is 2.65. The predicted molar refractivity (Wildman–Crippen MR) is 70.1 cm³/mol. The highest BCUT2D eigenvalue weighted by molar-refractivity contribution is 5.79. The van der Waals surface area contributed by atoms with E-state index in [1.807, 2.05) is 12.1 Å². The highest BCUT2D eigenvalue weighted by Crippen LogP contribution is 2.27. The zero-order valence-corrected chi connectivity index (χ0v) is 10.8. The van der Waals surface area contributed by atoms with Gasteiger partial charge in [0.15, 0.2) is 0 Å². The van der Waals surface area contributed by atoms with Gasteiger partial charge < -0.3 is 15.6 Å². The van der Waals surface area contributed by atoms with Gasteiger partial charge in [-0.3, -0.25) is 9.69 Å². The molecule has 2 aliphatic rings. The lowest BCUT2D eigenvalue weighted by Crippen LogP contribution is -2.50.